The number of amides is 1. The summed E-state index contributed by atoms with van der Waals surface area (Å²) in [5.74, 6) is -0.986. The van der Waals surface area contributed by atoms with Crippen molar-refractivity contribution in [3.8, 4) is 0 Å². The summed E-state index contributed by atoms with van der Waals surface area (Å²) in [6, 6.07) is 0. The van der Waals surface area contributed by atoms with Crippen molar-refractivity contribution in [2.75, 3.05) is 0 Å². The van der Waals surface area contributed by atoms with Gasteiger partial charge in [-0.05, 0) is 38.5 Å². The normalized spacial score (nSPS) is 23.1. The summed E-state index contributed by atoms with van der Waals surface area (Å²) in [5.41, 5.74) is -0.535. The molecule has 120 valence electrons. The maximum Gasteiger partial charge on any atom is 0.305 e. The number of carbonyl (C=O) groups is 2. The third kappa shape index (κ3) is 4.43. The van der Waals surface area contributed by atoms with E-state index in [0.29, 0.717) is 6.42 Å². The standard InChI is InChI=1S/C16H27NO4/c1-2-13(21-12-7-4-3-5-8-12)15(20)17-16(9-6-10-16)11-14(18)19/h12-13H,2-11H2,1H3,(H,17,20)(H,18,19). The van der Waals surface area contributed by atoms with E-state index in [9.17, 15) is 9.59 Å². The molecule has 0 bridgehead atoms. The maximum atomic E-state index is 12.4. The van der Waals surface area contributed by atoms with Crippen LogP contribution >= 0.6 is 0 Å². The van der Waals surface area contributed by atoms with Gasteiger partial charge < -0.3 is 15.2 Å². The van der Waals surface area contributed by atoms with Gasteiger partial charge in [0.05, 0.1) is 18.1 Å². The molecule has 21 heavy (non-hydrogen) atoms. The van der Waals surface area contributed by atoms with Gasteiger partial charge in [0.1, 0.15) is 6.10 Å². The summed E-state index contributed by atoms with van der Waals surface area (Å²) in [4.78, 5) is 23.4. The quantitative estimate of drug-likeness (QED) is 0.757. The lowest BCUT2D eigenvalue weighted by Crippen LogP contribution is -2.57. The molecule has 0 saturated heterocycles. The Balaban J connectivity index is 1.88. The average Bonchev–Trinajstić information content (AvgIpc) is 2.42. The lowest BCUT2D eigenvalue weighted by molar-refractivity contribution is -0.145. The Morgan fingerprint density at radius 1 is 1.24 bits per heavy atom. The van der Waals surface area contributed by atoms with E-state index in [1.807, 2.05) is 6.92 Å². The van der Waals surface area contributed by atoms with Crippen molar-refractivity contribution in [2.45, 2.75) is 88.9 Å². The second kappa shape index (κ2) is 7.25. The molecule has 2 fully saturated rings. The minimum atomic E-state index is -0.851. The van der Waals surface area contributed by atoms with E-state index >= 15 is 0 Å². The van der Waals surface area contributed by atoms with Crippen LogP contribution in [0.15, 0.2) is 0 Å². The van der Waals surface area contributed by atoms with Gasteiger partial charge in [0.15, 0.2) is 0 Å². The number of hydrogen-bond donors (Lipinski definition) is 2. The monoisotopic (exact) mass is 297 g/mol. The summed E-state index contributed by atoms with van der Waals surface area (Å²) in [6.45, 7) is 1.94. The highest BCUT2D eigenvalue weighted by Gasteiger charge is 2.41. The largest absolute Gasteiger partial charge is 0.481 e. The molecule has 0 spiro atoms. The first-order chi connectivity index (χ1) is 10.0. The Labute approximate surface area is 126 Å². The van der Waals surface area contributed by atoms with Crippen molar-refractivity contribution in [1.82, 2.24) is 5.32 Å². The van der Waals surface area contributed by atoms with Crippen molar-refractivity contribution in [1.29, 1.82) is 0 Å². The molecule has 2 rings (SSSR count). The second-order valence-electron chi connectivity index (χ2n) is 6.49. The van der Waals surface area contributed by atoms with Crippen molar-refractivity contribution in [3.63, 3.8) is 0 Å². The highest BCUT2D eigenvalue weighted by molar-refractivity contribution is 5.82. The molecule has 1 amide bonds. The number of hydrogen-bond acceptors (Lipinski definition) is 3. The molecular formula is C16H27NO4. The van der Waals surface area contributed by atoms with Gasteiger partial charge in [0.25, 0.3) is 0 Å². The Kier molecular flexibility index (Phi) is 5.62. The Hall–Kier alpha value is -1.10. The van der Waals surface area contributed by atoms with E-state index in [2.05, 4.69) is 5.32 Å². The van der Waals surface area contributed by atoms with Gasteiger partial charge in [-0.1, -0.05) is 26.2 Å². The summed E-state index contributed by atoms with van der Waals surface area (Å²) in [7, 11) is 0. The number of carbonyl (C=O) groups excluding carboxylic acids is 1. The predicted molar refractivity (Wildman–Crippen MR) is 79.0 cm³/mol. The molecule has 0 radical (unpaired) electrons. The van der Waals surface area contributed by atoms with E-state index in [1.165, 1.54) is 19.3 Å². The molecule has 0 aromatic carbocycles. The maximum absolute atomic E-state index is 12.4. The average molecular weight is 297 g/mol. The summed E-state index contributed by atoms with van der Waals surface area (Å²) >= 11 is 0. The van der Waals surface area contributed by atoms with Gasteiger partial charge in [-0.15, -0.1) is 0 Å². The zero-order valence-electron chi connectivity index (χ0n) is 12.9. The van der Waals surface area contributed by atoms with Crippen LogP contribution in [0.2, 0.25) is 0 Å². The lowest BCUT2D eigenvalue weighted by atomic mass is 9.74. The van der Waals surface area contributed by atoms with E-state index in [1.54, 1.807) is 0 Å². The summed E-state index contributed by atoms with van der Waals surface area (Å²) in [5, 5.41) is 12.0. The first kappa shape index (κ1) is 16.3. The van der Waals surface area contributed by atoms with Crippen LogP contribution in [0, 0.1) is 0 Å². The SMILES string of the molecule is CCC(OC1CCCCC1)C(=O)NC1(CC(=O)O)CCC1. The van der Waals surface area contributed by atoms with Gasteiger partial charge in [-0.3, -0.25) is 9.59 Å². The van der Waals surface area contributed by atoms with E-state index < -0.39 is 17.6 Å². The zero-order valence-corrected chi connectivity index (χ0v) is 12.9. The Morgan fingerprint density at radius 2 is 1.90 bits per heavy atom. The third-order valence-electron chi connectivity index (χ3n) is 4.76. The third-order valence-corrected chi connectivity index (χ3v) is 4.76. The Bertz CT molecular complexity index is 372. The smallest absolute Gasteiger partial charge is 0.305 e. The molecular weight excluding hydrogens is 270 g/mol. The number of carboxylic acids is 1. The van der Waals surface area contributed by atoms with E-state index in [0.717, 1.165) is 32.1 Å². The molecule has 1 unspecified atom stereocenters. The van der Waals surface area contributed by atoms with Crippen LogP contribution in [-0.2, 0) is 14.3 Å². The molecule has 2 saturated carbocycles. The summed E-state index contributed by atoms with van der Waals surface area (Å²) < 4.78 is 5.96. The van der Waals surface area contributed by atoms with Gasteiger partial charge in [0, 0.05) is 0 Å². The molecule has 2 aliphatic rings. The molecule has 0 aromatic rings. The molecule has 0 heterocycles. The van der Waals surface area contributed by atoms with Crippen LogP contribution in [0.5, 0.6) is 0 Å². The molecule has 5 nitrogen and oxygen atoms in total. The van der Waals surface area contributed by atoms with Gasteiger partial charge in [-0.25, -0.2) is 0 Å². The van der Waals surface area contributed by atoms with Crippen molar-refractivity contribution in [3.05, 3.63) is 0 Å². The van der Waals surface area contributed by atoms with E-state index in [4.69, 9.17) is 9.84 Å². The number of carboxylic acid groups (broad SMARTS) is 1. The number of nitrogens with one attached hydrogen (secondary N) is 1. The molecule has 0 aliphatic heterocycles. The van der Waals surface area contributed by atoms with Crippen LogP contribution in [-0.4, -0.2) is 34.7 Å². The fraction of sp³-hybridized carbons (Fsp3) is 0.875. The van der Waals surface area contributed by atoms with Crippen molar-refractivity contribution in [2.24, 2.45) is 0 Å². The van der Waals surface area contributed by atoms with Crippen LogP contribution in [0.1, 0.15) is 71.1 Å². The van der Waals surface area contributed by atoms with E-state index in [-0.39, 0.29) is 18.4 Å². The van der Waals surface area contributed by atoms with Gasteiger partial charge >= 0.3 is 5.97 Å². The second-order valence-corrected chi connectivity index (χ2v) is 6.49. The van der Waals surface area contributed by atoms with Crippen LogP contribution in [0.25, 0.3) is 0 Å². The van der Waals surface area contributed by atoms with Crippen molar-refractivity contribution >= 4 is 11.9 Å². The Morgan fingerprint density at radius 3 is 2.38 bits per heavy atom. The molecule has 0 aromatic heterocycles. The van der Waals surface area contributed by atoms with Crippen molar-refractivity contribution < 1.29 is 19.4 Å². The highest BCUT2D eigenvalue weighted by Crippen LogP contribution is 2.35. The fourth-order valence-electron chi connectivity index (χ4n) is 3.36. The van der Waals surface area contributed by atoms with Crippen LogP contribution in [0.3, 0.4) is 0 Å². The summed E-state index contributed by atoms with van der Waals surface area (Å²) in [6.07, 6.45) is 8.54. The fourth-order valence-corrected chi connectivity index (χ4v) is 3.36. The van der Waals surface area contributed by atoms with Crippen LogP contribution < -0.4 is 5.32 Å². The first-order valence-corrected chi connectivity index (χ1v) is 8.24. The molecule has 2 aliphatic carbocycles. The van der Waals surface area contributed by atoms with Gasteiger partial charge in [-0.2, -0.15) is 0 Å². The zero-order chi connectivity index (χ0) is 15.3. The number of aliphatic carboxylic acids is 1. The minimum Gasteiger partial charge on any atom is -0.481 e. The topological polar surface area (TPSA) is 75.6 Å². The lowest BCUT2D eigenvalue weighted by Gasteiger charge is -2.42. The number of ether oxygens (including phenoxy) is 1. The molecule has 5 heteroatoms. The minimum absolute atomic E-state index is 0.0125. The molecule has 1 atom stereocenters. The highest BCUT2D eigenvalue weighted by atomic mass is 16.5. The molecule has 2 N–H and O–H groups in total. The predicted octanol–water partition coefficient (Wildman–Crippen LogP) is 2.63. The van der Waals surface area contributed by atoms with Gasteiger partial charge in [0.2, 0.25) is 5.91 Å². The van der Waals surface area contributed by atoms with Crippen LogP contribution in [0.4, 0.5) is 0 Å². The first-order valence-electron chi connectivity index (χ1n) is 8.24. The number of rotatable bonds is 7.